The number of benzene rings is 1. The number of nitrogens with zero attached hydrogens (tertiary/aromatic N) is 2. The SMILES string of the molecule is CCC1(C)CC(NC(=O)[C@@H]2CC2CN2C(=O)CC(C)(C)N=C2N)c2ccccc2O1. The van der Waals surface area contributed by atoms with E-state index in [-0.39, 0.29) is 41.3 Å². The van der Waals surface area contributed by atoms with Gasteiger partial charge in [0.15, 0.2) is 5.96 Å². The van der Waals surface area contributed by atoms with Gasteiger partial charge < -0.3 is 15.8 Å². The van der Waals surface area contributed by atoms with Gasteiger partial charge in [-0.2, -0.15) is 0 Å². The fourth-order valence-corrected chi connectivity index (χ4v) is 4.54. The summed E-state index contributed by atoms with van der Waals surface area (Å²) in [6.07, 6.45) is 2.71. The molecule has 3 aliphatic rings. The third-order valence-corrected chi connectivity index (χ3v) is 6.61. The van der Waals surface area contributed by atoms with E-state index < -0.39 is 5.54 Å². The zero-order valence-corrected chi connectivity index (χ0v) is 18.3. The van der Waals surface area contributed by atoms with Gasteiger partial charge in [0.2, 0.25) is 11.8 Å². The Kier molecular flexibility index (Phi) is 5.03. The van der Waals surface area contributed by atoms with E-state index in [0.29, 0.717) is 13.0 Å². The first-order chi connectivity index (χ1) is 14.1. The molecule has 162 valence electrons. The first kappa shape index (κ1) is 20.7. The van der Waals surface area contributed by atoms with E-state index in [2.05, 4.69) is 24.2 Å². The van der Waals surface area contributed by atoms with E-state index in [9.17, 15) is 9.59 Å². The van der Waals surface area contributed by atoms with Crippen LogP contribution in [0.3, 0.4) is 0 Å². The predicted octanol–water partition coefficient (Wildman–Crippen LogP) is 2.76. The maximum absolute atomic E-state index is 13.0. The van der Waals surface area contributed by atoms with Gasteiger partial charge in [-0.3, -0.25) is 14.5 Å². The minimum absolute atomic E-state index is 0.0179. The van der Waals surface area contributed by atoms with Gasteiger partial charge >= 0.3 is 0 Å². The van der Waals surface area contributed by atoms with E-state index in [1.54, 1.807) is 4.90 Å². The van der Waals surface area contributed by atoms with E-state index in [4.69, 9.17) is 10.5 Å². The highest BCUT2D eigenvalue weighted by Gasteiger charge is 2.47. The van der Waals surface area contributed by atoms with Crippen molar-refractivity contribution in [1.29, 1.82) is 0 Å². The number of carbonyl (C=O) groups is 2. The Balaban J connectivity index is 1.41. The Bertz CT molecular complexity index is 896. The number of fused-ring (bicyclic) bond motifs is 1. The second-order valence-corrected chi connectivity index (χ2v) is 9.77. The summed E-state index contributed by atoms with van der Waals surface area (Å²) in [4.78, 5) is 31.4. The van der Waals surface area contributed by atoms with Crippen LogP contribution in [0.5, 0.6) is 5.75 Å². The van der Waals surface area contributed by atoms with Crippen LogP contribution in [0.2, 0.25) is 0 Å². The fourth-order valence-electron chi connectivity index (χ4n) is 4.54. The molecule has 7 heteroatoms. The van der Waals surface area contributed by atoms with Crippen molar-refractivity contribution in [2.75, 3.05) is 6.54 Å². The second kappa shape index (κ2) is 7.29. The van der Waals surface area contributed by atoms with Crippen molar-refractivity contribution >= 4 is 17.8 Å². The first-order valence-corrected chi connectivity index (χ1v) is 10.8. The molecular formula is C23H32N4O3. The molecule has 0 bridgehead atoms. The number of hydrogen-bond acceptors (Lipinski definition) is 5. The lowest BCUT2D eigenvalue weighted by molar-refractivity contribution is -0.130. The van der Waals surface area contributed by atoms with Gasteiger partial charge in [-0.1, -0.05) is 25.1 Å². The van der Waals surface area contributed by atoms with Crippen molar-refractivity contribution in [2.45, 2.75) is 70.6 Å². The van der Waals surface area contributed by atoms with Crippen molar-refractivity contribution in [3.05, 3.63) is 29.8 Å². The van der Waals surface area contributed by atoms with Crippen LogP contribution in [0, 0.1) is 11.8 Å². The Morgan fingerprint density at radius 2 is 2.07 bits per heavy atom. The van der Waals surface area contributed by atoms with Crippen LogP contribution in [0.15, 0.2) is 29.3 Å². The maximum Gasteiger partial charge on any atom is 0.231 e. The lowest BCUT2D eigenvalue weighted by Gasteiger charge is -2.39. The molecule has 1 aromatic carbocycles. The number of nitrogens with two attached hydrogens (primary N) is 1. The number of guanidine groups is 1. The molecule has 1 fully saturated rings. The molecule has 1 aromatic rings. The highest BCUT2D eigenvalue weighted by Crippen LogP contribution is 2.44. The normalized spacial score (nSPS) is 32.0. The molecular weight excluding hydrogens is 380 g/mol. The molecule has 1 saturated carbocycles. The van der Waals surface area contributed by atoms with Crippen LogP contribution in [0.4, 0.5) is 0 Å². The standard InChI is InChI=1S/C23H32N4O3/c1-5-23(4)11-17(15-8-6-7-9-18(15)30-23)25-20(29)16-10-14(16)13-27-19(28)12-22(2,3)26-21(27)24/h6-9,14,16-17H,5,10-13H2,1-4H3,(H2,24,26)(H,25,29)/t14?,16-,17?,23?/m1/s1. The number of rotatable bonds is 5. The fraction of sp³-hybridized carbons (Fsp3) is 0.609. The third kappa shape index (κ3) is 4.02. The largest absolute Gasteiger partial charge is 0.487 e. The van der Waals surface area contributed by atoms with Crippen molar-refractivity contribution in [2.24, 2.45) is 22.6 Å². The summed E-state index contributed by atoms with van der Waals surface area (Å²) in [5.41, 5.74) is 6.30. The number of hydrogen-bond donors (Lipinski definition) is 2. The molecule has 0 spiro atoms. The van der Waals surface area contributed by atoms with Crippen molar-refractivity contribution in [3.8, 4) is 5.75 Å². The van der Waals surface area contributed by atoms with Gasteiger partial charge in [0, 0.05) is 24.4 Å². The molecule has 4 rings (SSSR count). The molecule has 3 N–H and O–H groups in total. The Labute approximate surface area is 178 Å². The van der Waals surface area contributed by atoms with Crippen LogP contribution in [-0.4, -0.2) is 40.4 Å². The molecule has 7 nitrogen and oxygen atoms in total. The Hall–Kier alpha value is -2.57. The summed E-state index contributed by atoms with van der Waals surface area (Å²) in [6, 6.07) is 7.84. The molecule has 0 saturated heterocycles. The molecule has 30 heavy (non-hydrogen) atoms. The summed E-state index contributed by atoms with van der Waals surface area (Å²) in [6.45, 7) is 8.45. The molecule has 2 aliphatic heterocycles. The predicted molar refractivity (Wildman–Crippen MR) is 115 cm³/mol. The number of amides is 2. The number of aliphatic imine (C=N–C) groups is 1. The van der Waals surface area contributed by atoms with Gasteiger partial charge in [-0.05, 0) is 45.6 Å². The number of carbonyl (C=O) groups excluding carboxylic acids is 2. The summed E-state index contributed by atoms with van der Waals surface area (Å²) in [7, 11) is 0. The summed E-state index contributed by atoms with van der Waals surface area (Å²) in [5, 5.41) is 3.25. The number of ether oxygens (including phenoxy) is 1. The first-order valence-electron chi connectivity index (χ1n) is 10.8. The molecule has 3 unspecified atom stereocenters. The lowest BCUT2D eigenvalue weighted by atomic mass is 9.86. The zero-order valence-electron chi connectivity index (χ0n) is 18.3. The van der Waals surface area contributed by atoms with Gasteiger partial charge in [-0.25, -0.2) is 4.99 Å². The van der Waals surface area contributed by atoms with E-state index in [1.165, 1.54) is 0 Å². The van der Waals surface area contributed by atoms with Gasteiger partial charge in [-0.15, -0.1) is 0 Å². The van der Waals surface area contributed by atoms with Crippen LogP contribution >= 0.6 is 0 Å². The van der Waals surface area contributed by atoms with Crippen molar-refractivity contribution in [1.82, 2.24) is 10.2 Å². The van der Waals surface area contributed by atoms with Gasteiger partial charge in [0.25, 0.3) is 0 Å². The average Bonchev–Trinajstić information content (AvgIpc) is 3.43. The molecule has 1 aliphatic carbocycles. The van der Waals surface area contributed by atoms with Gasteiger partial charge in [0.05, 0.1) is 18.0 Å². The zero-order chi connectivity index (χ0) is 21.7. The van der Waals surface area contributed by atoms with Crippen LogP contribution in [0.25, 0.3) is 0 Å². The van der Waals surface area contributed by atoms with E-state index in [0.717, 1.165) is 30.6 Å². The maximum atomic E-state index is 13.0. The molecule has 0 radical (unpaired) electrons. The van der Waals surface area contributed by atoms with Gasteiger partial charge in [0.1, 0.15) is 11.4 Å². The summed E-state index contributed by atoms with van der Waals surface area (Å²) in [5.74, 6) is 1.16. The number of para-hydroxylation sites is 1. The van der Waals surface area contributed by atoms with E-state index >= 15 is 0 Å². The average molecular weight is 413 g/mol. The highest BCUT2D eigenvalue weighted by molar-refractivity contribution is 5.99. The molecule has 2 heterocycles. The molecule has 2 amide bonds. The quantitative estimate of drug-likeness (QED) is 0.777. The van der Waals surface area contributed by atoms with Crippen LogP contribution in [-0.2, 0) is 9.59 Å². The van der Waals surface area contributed by atoms with Crippen LogP contribution < -0.4 is 15.8 Å². The van der Waals surface area contributed by atoms with E-state index in [1.807, 2.05) is 38.1 Å². The number of nitrogens with one attached hydrogen (secondary N) is 1. The lowest BCUT2D eigenvalue weighted by Crippen LogP contribution is -2.50. The second-order valence-electron chi connectivity index (χ2n) is 9.77. The molecule has 4 atom stereocenters. The topological polar surface area (TPSA) is 97.0 Å². The summed E-state index contributed by atoms with van der Waals surface area (Å²) >= 11 is 0. The smallest absolute Gasteiger partial charge is 0.231 e. The van der Waals surface area contributed by atoms with Crippen molar-refractivity contribution in [3.63, 3.8) is 0 Å². The summed E-state index contributed by atoms with van der Waals surface area (Å²) < 4.78 is 6.20. The van der Waals surface area contributed by atoms with Crippen molar-refractivity contribution < 1.29 is 14.3 Å². The Morgan fingerprint density at radius 1 is 1.33 bits per heavy atom. The molecule has 0 aromatic heterocycles. The Morgan fingerprint density at radius 3 is 2.77 bits per heavy atom. The third-order valence-electron chi connectivity index (χ3n) is 6.61. The minimum atomic E-state index is -0.458. The highest BCUT2D eigenvalue weighted by atomic mass is 16.5. The van der Waals surface area contributed by atoms with Crippen LogP contribution in [0.1, 0.15) is 65.0 Å². The minimum Gasteiger partial charge on any atom is -0.487 e. The monoisotopic (exact) mass is 412 g/mol.